The first-order valence-corrected chi connectivity index (χ1v) is 12.1. The van der Waals surface area contributed by atoms with Gasteiger partial charge in [0.15, 0.2) is 0 Å². The van der Waals surface area contributed by atoms with Crippen molar-refractivity contribution in [2.45, 2.75) is 24.6 Å². The van der Waals surface area contributed by atoms with Crippen LogP contribution in [0.1, 0.15) is 34.5 Å². The van der Waals surface area contributed by atoms with E-state index in [0.29, 0.717) is 17.5 Å². The monoisotopic (exact) mass is 497 g/mol. The number of aromatic amines is 1. The van der Waals surface area contributed by atoms with E-state index in [9.17, 15) is 25.1 Å². The Balaban J connectivity index is 1.42. The number of amides is 2. The van der Waals surface area contributed by atoms with Crippen molar-refractivity contribution in [3.05, 3.63) is 106 Å². The minimum Gasteiger partial charge on any atom is -0.733 e. The van der Waals surface area contributed by atoms with Crippen LogP contribution in [0.5, 0.6) is 0 Å². The van der Waals surface area contributed by atoms with Gasteiger partial charge in [0.2, 0.25) is 11.8 Å². The van der Waals surface area contributed by atoms with Gasteiger partial charge >= 0.3 is 0 Å². The summed E-state index contributed by atoms with van der Waals surface area (Å²) in [7, 11) is 0. The number of carbonyl (C=O) groups is 2. The number of rotatable bonds is 5. The molecule has 4 aromatic rings. The zero-order valence-corrected chi connectivity index (χ0v) is 19.8. The van der Waals surface area contributed by atoms with Gasteiger partial charge in [0.05, 0.1) is 30.9 Å². The number of hydrogen-bond donors (Lipinski definition) is 3. The molecule has 0 bridgehead atoms. The molecule has 2 aliphatic heterocycles. The Bertz CT molecular complexity index is 1480. The number of aromatic nitrogens is 1. The SMILES string of the molecule is O=C1[C@@H]2Cc3c([nH]c4ccccc34)C(c3cccc(N([O-])O)c3)N2C(=O)CN1CC(O)c1ccccc1. The molecule has 1 fully saturated rings. The van der Waals surface area contributed by atoms with E-state index in [-0.39, 0.29) is 35.8 Å². The molecule has 3 atom stereocenters. The number of nitrogens with one attached hydrogen (secondary N) is 1. The normalized spacial score (nSPS) is 20.1. The maximum absolute atomic E-state index is 13.8. The van der Waals surface area contributed by atoms with Crippen LogP contribution < -0.4 is 5.23 Å². The average molecular weight is 498 g/mol. The zero-order chi connectivity index (χ0) is 25.7. The van der Waals surface area contributed by atoms with Gasteiger partial charge in [0.25, 0.3) is 0 Å². The molecule has 188 valence electrons. The van der Waals surface area contributed by atoms with E-state index in [4.69, 9.17) is 0 Å². The Labute approximate surface area is 212 Å². The molecule has 0 saturated carbocycles. The van der Waals surface area contributed by atoms with Gasteiger partial charge in [-0.1, -0.05) is 60.7 Å². The lowest BCUT2D eigenvalue weighted by atomic mass is 9.86. The highest BCUT2D eigenvalue weighted by atomic mass is 16.8. The molecule has 3 aromatic carbocycles. The molecule has 6 rings (SSSR count). The molecule has 2 aliphatic rings. The molecule has 1 aromatic heterocycles. The first-order valence-electron chi connectivity index (χ1n) is 12.1. The fourth-order valence-electron chi connectivity index (χ4n) is 5.63. The molecule has 3 heterocycles. The van der Waals surface area contributed by atoms with Gasteiger partial charge in [-0.05, 0) is 34.9 Å². The molecule has 9 heteroatoms. The lowest BCUT2D eigenvalue weighted by Crippen LogP contribution is -2.63. The number of nitrogens with zero attached hydrogens (tertiary/aromatic N) is 3. The van der Waals surface area contributed by atoms with Crippen LogP contribution in [0, 0.1) is 5.21 Å². The van der Waals surface area contributed by atoms with E-state index in [2.05, 4.69) is 4.98 Å². The van der Waals surface area contributed by atoms with Crippen molar-refractivity contribution in [2.75, 3.05) is 18.3 Å². The number of aliphatic hydroxyl groups excluding tert-OH is 1. The molecule has 9 nitrogen and oxygen atoms in total. The van der Waals surface area contributed by atoms with Crippen LogP contribution >= 0.6 is 0 Å². The molecule has 2 unspecified atom stereocenters. The van der Waals surface area contributed by atoms with E-state index in [1.807, 2.05) is 42.5 Å². The summed E-state index contributed by atoms with van der Waals surface area (Å²) >= 11 is 0. The quantitative estimate of drug-likeness (QED) is 0.364. The number of fused-ring (bicyclic) bond motifs is 4. The highest BCUT2D eigenvalue weighted by Gasteiger charge is 2.48. The third-order valence-electron chi connectivity index (χ3n) is 7.33. The van der Waals surface area contributed by atoms with Crippen molar-refractivity contribution in [1.82, 2.24) is 14.8 Å². The summed E-state index contributed by atoms with van der Waals surface area (Å²) in [4.78, 5) is 33.9. The van der Waals surface area contributed by atoms with Crippen molar-refractivity contribution < 1.29 is 19.9 Å². The summed E-state index contributed by atoms with van der Waals surface area (Å²) in [6, 6.07) is 21.8. The second-order valence-electron chi connectivity index (χ2n) is 9.50. The third kappa shape index (κ3) is 3.93. The smallest absolute Gasteiger partial charge is 0.246 e. The van der Waals surface area contributed by atoms with E-state index in [1.54, 1.807) is 29.2 Å². The largest absolute Gasteiger partial charge is 0.733 e. The Morgan fingerprint density at radius 2 is 1.78 bits per heavy atom. The molecular weight excluding hydrogens is 472 g/mol. The summed E-state index contributed by atoms with van der Waals surface area (Å²) in [6.07, 6.45) is -0.594. The fraction of sp³-hybridized carbons (Fsp3) is 0.214. The number of anilines is 1. The predicted octanol–water partition coefficient (Wildman–Crippen LogP) is 3.28. The van der Waals surface area contributed by atoms with Gasteiger partial charge in [0, 0.05) is 23.0 Å². The van der Waals surface area contributed by atoms with Crippen LogP contribution in [-0.2, 0) is 16.0 Å². The zero-order valence-electron chi connectivity index (χ0n) is 19.8. The van der Waals surface area contributed by atoms with E-state index >= 15 is 0 Å². The molecule has 2 amide bonds. The van der Waals surface area contributed by atoms with Gasteiger partial charge in [-0.2, -0.15) is 0 Å². The Morgan fingerprint density at radius 3 is 2.57 bits per heavy atom. The van der Waals surface area contributed by atoms with Gasteiger partial charge in [0.1, 0.15) is 6.04 Å². The minimum absolute atomic E-state index is 0.00940. The van der Waals surface area contributed by atoms with Crippen molar-refractivity contribution in [3.63, 3.8) is 0 Å². The van der Waals surface area contributed by atoms with E-state index in [1.165, 1.54) is 17.0 Å². The van der Waals surface area contributed by atoms with Gasteiger partial charge in [-0.15, -0.1) is 0 Å². The molecular formula is C28H25N4O5-. The van der Waals surface area contributed by atoms with Crippen LogP contribution in [0.3, 0.4) is 0 Å². The summed E-state index contributed by atoms with van der Waals surface area (Å²) < 4.78 is 0. The molecule has 0 aliphatic carbocycles. The van der Waals surface area contributed by atoms with Crippen molar-refractivity contribution in [3.8, 4) is 0 Å². The van der Waals surface area contributed by atoms with E-state index < -0.39 is 18.2 Å². The maximum Gasteiger partial charge on any atom is 0.246 e. The lowest BCUT2D eigenvalue weighted by molar-refractivity contribution is -0.159. The minimum atomic E-state index is -0.920. The van der Waals surface area contributed by atoms with Gasteiger partial charge in [-0.3, -0.25) is 14.8 Å². The second-order valence-corrected chi connectivity index (χ2v) is 9.50. The standard InChI is InChI=1S/C28H25N4O5/c33-24(17-7-2-1-3-8-17)15-30-16-25(34)31-23(28(30)35)14-21-20-11-4-5-12-22(20)29-26(21)27(31)18-9-6-10-19(13-18)32(36)37/h1-13,23-24,27,29,33,36H,14-16H2/q-1/t23-,24?,27?/m0/s1. The van der Waals surface area contributed by atoms with Gasteiger partial charge < -0.3 is 30.3 Å². The van der Waals surface area contributed by atoms with Crippen molar-refractivity contribution in [2.24, 2.45) is 0 Å². The van der Waals surface area contributed by atoms with Crippen LogP contribution in [0.25, 0.3) is 10.9 Å². The van der Waals surface area contributed by atoms with Crippen LogP contribution in [-0.4, -0.2) is 56.0 Å². The number of para-hydroxylation sites is 1. The lowest BCUT2D eigenvalue weighted by Gasteiger charge is -2.47. The van der Waals surface area contributed by atoms with Crippen LogP contribution in [0.15, 0.2) is 78.9 Å². The first-order chi connectivity index (χ1) is 17.9. The van der Waals surface area contributed by atoms with E-state index in [0.717, 1.165) is 22.2 Å². The number of carbonyl (C=O) groups excluding carboxylic acids is 2. The topological polar surface area (TPSA) is 123 Å². The van der Waals surface area contributed by atoms with Crippen molar-refractivity contribution in [1.29, 1.82) is 0 Å². The summed E-state index contributed by atoms with van der Waals surface area (Å²) in [5.74, 6) is -0.494. The average Bonchev–Trinajstić information content (AvgIpc) is 3.29. The third-order valence-corrected chi connectivity index (χ3v) is 7.33. The van der Waals surface area contributed by atoms with Crippen molar-refractivity contribution >= 4 is 28.4 Å². The molecule has 1 saturated heterocycles. The Kier molecular flexibility index (Phi) is 5.68. The highest BCUT2D eigenvalue weighted by Crippen LogP contribution is 2.43. The summed E-state index contributed by atoms with van der Waals surface area (Å²) in [5.41, 5.74) is 3.90. The molecule has 3 N–H and O–H groups in total. The predicted molar refractivity (Wildman–Crippen MR) is 137 cm³/mol. The summed E-state index contributed by atoms with van der Waals surface area (Å²) in [6.45, 7) is -0.159. The number of H-pyrrole nitrogens is 1. The Hall–Kier alpha value is -4.18. The van der Waals surface area contributed by atoms with Crippen LogP contribution in [0.2, 0.25) is 0 Å². The van der Waals surface area contributed by atoms with Crippen LogP contribution in [0.4, 0.5) is 5.69 Å². The Morgan fingerprint density at radius 1 is 1.03 bits per heavy atom. The number of piperazine rings is 1. The molecule has 37 heavy (non-hydrogen) atoms. The number of benzene rings is 3. The number of aliphatic hydroxyl groups is 1. The maximum atomic E-state index is 13.8. The summed E-state index contributed by atoms with van der Waals surface area (Å²) in [5, 5.41) is 32.6. The number of β-amino-alcohol motifs (C(OH)–C–C–N with tert-alkyl or cyclic N) is 1. The number of hydrogen-bond acceptors (Lipinski definition) is 6. The fourth-order valence-corrected chi connectivity index (χ4v) is 5.63. The molecule has 0 radical (unpaired) electrons. The van der Waals surface area contributed by atoms with Gasteiger partial charge in [-0.25, -0.2) is 0 Å². The second kappa shape index (κ2) is 9.04. The first kappa shape index (κ1) is 23.2. The highest BCUT2D eigenvalue weighted by molar-refractivity contribution is 5.97. The molecule has 0 spiro atoms.